The van der Waals surface area contributed by atoms with Crippen LogP contribution in [0.15, 0.2) is 30.5 Å². The number of aromatic hydroxyl groups is 1. The number of phenolic OH excluding ortho intramolecular Hbond substituents is 1. The van der Waals surface area contributed by atoms with E-state index in [9.17, 15) is 9.90 Å². The molecule has 1 aromatic carbocycles. The summed E-state index contributed by atoms with van der Waals surface area (Å²) in [6.07, 6.45) is 1.86. The number of hydrogen-bond acceptors (Lipinski definition) is 3. The Morgan fingerprint density at radius 2 is 2.17 bits per heavy atom. The Balaban J connectivity index is 2.05. The zero-order valence-corrected chi connectivity index (χ0v) is 10.3. The van der Waals surface area contributed by atoms with Crippen LogP contribution in [0.4, 0.5) is 0 Å². The van der Waals surface area contributed by atoms with E-state index < -0.39 is 0 Å². The average Bonchev–Trinajstić information content (AvgIpc) is 2.65. The van der Waals surface area contributed by atoms with E-state index in [1.165, 1.54) is 6.07 Å². The highest BCUT2D eigenvalue weighted by atomic mass is 16.3. The number of carbonyl (C=O) groups is 1. The molecule has 5 heteroatoms. The first kappa shape index (κ1) is 12.2. The second-order valence-corrected chi connectivity index (χ2v) is 4.11. The zero-order chi connectivity index (χ0) is 13.1. The molecular weight excluding hydrogens is 230 g/mol. The normalized spacial score (nSPS) is 10.3. The van der Waals surface area contributed by atoms with E-state index in [1.807, 2.05) is 20.2 Å². The lowest BCUT2D eigenvalue weighted by molar-refractivity contribution is 0.0948. The molecule has 0 saturated carbocycles. The van der Waals surface area contributed by atoms with E-state index in [0.717, 1.165) is 11.3 Å². The Kier molecular flexibility index (Phi) is 3.32. The van der Waals surface area contributed by atoms with Crippen LogP contribution in [0.3, 0.4) is 0 Å². The largest absolute Gasteiger partial charge is 0.507 e. The fourth-order valence-corrected chi connectivity index (χ4v) is 1.76. The summed E-state index contributed by atoms with van der Waals surface area (Å²) in [6.45, 7) is 2.29. The molecule has 0 aliphatic heterocycles. The van der Waals surface area contributed by atoms with Gasteiger partial charge in [0.05, 0.1) is 11.3 Å². The molecule has 0 saturated heterocycles. The van der Waals surface area contributed by atoms with Crippen LogP contribution in [0, 0.1) is 6.92 Å². The molecular formula is C13H15N3O2. The summed E-state index contributed by atoms with van der Waals surface area (Å²) in [5.41, 5.74) is 2.12. The zero-order valence-electron chi connectivity index (χ0n) is 10.3. The van der Waals surface area contributed by atoms with E-state index in [1.54, 1.807) is 22.9 Å². The Morgan fingerprint density at radius 3 is 2.78 bits per heavy atom. The number of rotatable bonds is 3. The van der Waals surface area contributed by atoms with Crippen molar-refractivity contribution in [1.82, 2.24) is 15.1 Å². The van der Waals surface area contributed by atoms with Crippen LogP contribution in [-0.2, 0) is 13.6 Å². The number of aryl methyl sites for hydroxylation is 2. The van der Waals surface area contributed by atoms with E-state index >= 15 is 0 Å². The minimum atomic E-state index is -0.295. The monoisotopic (exact) mass is 245 g/mol. The lowest BCUT2D eigenvalue weighted by atomic mass is 10.2. The van der Waals surface area contributed by atoms with Gasteiger partial charge in [0.2, 0.25) is 0 Å². The summed E-state index contributed by atoms with van der Waals surface area (Å²) in [5, 5.41) is 16.5. The Hall–Kier alpha value is -2.30. The number of aromatic nitrogens is 2. The maximum atomic E-state index is 11.9. The van der Waals surface area contributed by atoms with Crippen molar-refractivity contribution in [1.29, 1.82) is 0 Å². The van der Waals surface area contributed by atoms with Crippen molar-refractivity contribution in [3.63, 3.8) is 0 Å². The molecule has 0 atom stereocenters. The molecule has 2 N–H and O–H groups in total. The summed E-state index contributed by atoms with van der Waals surface area (Å²) >= 11 is 0. The van der Waals surface area contributed by atoms with Gasteiger partial charge < -0.3 is 10.4 Å². The minimum Gasteiger partial charge on any atom is -0.507 e. The smallest absolute Gasteiger partial charge is 0.255 e. The van der Waals surface area contributed by atoms with Gasteiger partial charge in [-0.3, -0.25) is 9.48 Å². The van der Waals surface area contributed by atoms with Crippen molar-refractivity contribution in [2.75, 3.05) is 0 Å². The van der Waals surface area contributed by atoms with Gasteiger partial charge in [0, 0.05) is 25.4 Å². The third-order valence-corrected chi connectivity index (χ3v) is 2.70. The molecule has 0 aliphatic carbocycles. The van der Waals surface area contributed by atoms with Crippen LogP contribution in [0.2, 0.25) is 0 Å². The predicted octanol–water partition coefficient (Wildman–Crippen LogP) is 1.36. The highest BCUT2D eigenvalue weighted by Crippen LogP contribution is 2.15. The van der Waals surface area contributed by atoms with E-state index in [-0.39, 0.29) is 17.2 Å². The molecule has 0 bridgehead atoms. The van der Waals surface area contributed by atoms with Gasteiger partial charge >= 0.3 is 0 Å². The van der Waals surface area contributed by atoms with Crippen LogP contribution in [0.5, 0.6) is 5.75 Å². The van der Waals surface area contributed by atoms with Crippen molar-refractivity contribution in [3.8, 4) is 5.75 Å². The standard InChI is InChI=1S/C13H15N3O2/c1-9-10(8-16(2)15-9)7-14-13(18)11-5-3-4-6-12(11)17/h3-6,8,17H,7H2,1-2H3,(H,14,18). The Bertz CT molecular complexity index is 575. The van der Waals surface area contributed by atoms with E-state index in [0.29, 0.717) is 6.54 Å². The van der Waals surface area contributed by atoms with Crippen molar-refractivity contribution in [2.45, 2.75) is 13.5 Å². The number of para-hydroxylation sites is 1. The van der Waals surface area contributed by atoms with Gasteiger partial charge in [0.15, 0.2) is 0 Å². The topological polar surface area (TPSA) is 67.2 Å². The molecule has 94 valence electrons. The molecule has 0 spiro atoms. The first-order valence-electron chi connectivity index (χ1n) is 5.63. The Morgan fingerprint density at radius 1 is 1.44 bits per heavy atom. The maximum absolute atomic E-state index is 11.9. The van der Waals surface area contributed by atoms with Gasteiger partial charge in [-0.25, -0.2) is 0 Å². The van der Waals surface area contributed by atoms with Crippen LogP contribution in [0.25, 0.3) is 0 Å². The molecule has 0 fully saturated rings. The maximum Gasteiger partial charge on any atom is 0.255 e. The van der Waals surface area contributed by atoms with E-state index in [4.69, 9.17) is 0 Å². The first-order valence-corrected chi connectivity index (χ1v) is 5.63. The quantitative estimate of drug-likeness (QED) is 0.858. The average molecular weight is 245 g/mol. The fraction of sp³-hybridized carbons (Fsp3) is 0.231. The lowest BCUT2D eigenvalue weighted by Crippen LogP contribution is -2.23. The lowest BCUT2D eigenvalue weighted by Gasteiger charge is -2.05. The van der Waals surface area contributed by atoms with Crippen molar-refractivity contribution >= 4 is 5.91 Å². The van der Waals surface area contributed by atoms with Gasteiger partial charge in [0.25, 0.3) is 5.91 Å². The minimum absolute atomic E-state index is 0.0158. The molecule has 2 rings (SSSR count). The number of nitrogens with zero attached hydrogens (tertiary/aromatic N) is 2. The third-order valence-electron chi connectivity index (χ3n) is 2.70. The van der Waals surface area contributed by atoms with Gasteiger partial charge in [-0.2, -0.15) is 5.10 Å². The highest BCUT2D eigenvalue weighted by molar-refractivity contribution is 5.96. The van der Waals surface area contributed by atoms with Crippen molar-refractivity contribution in [2.24, 2.45) is 7.05 Å². The molecule has 1 aromatic heterocycles. The number of phenols is 1. The summed E-state index contributed by atoms with van der Waals surface area (Å²) in [7, 11) is 1.83. The molecule has 0 radical (unpaired) electrons. The van der Waals surface area contributed by atoms with Crippen LogP contribution in [-0.4, -0.2) is 20.8 Å². The van der Waals surface area contributed by atoms with Gasteiger partial charge in [-0.1, -0.05) is 12.1 Å². The van der Waals surface area contributed by atoms with Gasteiger partial charge in [0.1, 0.15) is 5.75 Å². The van der Waals surface area contributed by atoms with E-state index in [2.05, 4.69) is 10.4 Å². The van der Waals surface area contributed by atoms with Crippen molar-refractivity contribution in [3.05, 3.63) is 47.3 Å². The van der Waals surface area contributed by atoms with Crippen molar-refractivity contribution < 1.29 is 9.90 Å². The van der Waals surface area contributed by atoms with Crippen LogP contribution >= 0.6 is 0 Å². The number of amides is 1. The molecule has 1 heterocycles. The molecule has 18 heavy (non-hydrogen) atoms. The first-order chi connectivity index (χ1) is 8.58. The Labute approximate surface area is 105 Å². The number of nitrogens with one attached hydrogen (secondary N) is 1. The SMILES string of the molecule is Cc1nn(C)cc1CNC(=O)c1ccccc1O. The molecule has 2 aromatic rings. The number of hydrogen-bond donors (Lipinski definition) is 2. The molecule has 5 nitrogen and oxygen atoms in total. The summed E-state index contributed by atoms with van der Waals surface area (Å²) in [4.78, 5) is 11.9. The summed E-state index contributed by atoms with van der Waals surface area (Å²) < 4.78 is 1.71. The second-order valence-electron chi connectivity index (χ2n) is 4.11. The van der Waals surface area contributed by atoms with Gasteiger partial charge in [-0.05, 0) is 19.1 Å². The fourth-order valence-electron chi connectivity index (χ4n) is 1.76. The molecule has 1 amide bonds. The summed E-state index contributed by atoms with van der Waals surface area (Å²) in [6, 6.07) is 6.46. The van der Waals surface area contributed by atoms with Gasteiger partial charge in [-0.15, -0.1) is 0 Å². The molecule has 0 aliphatic rings. The van der Waals surface area contributed by atoms with Crippen LogP contribution < -0.4 is 5.32 Å². The second kappa shape index (κ2) is 4.91. The van der Waals surface area contributed by atoms with Crippen LogP contribution in [0.1, 0.15) is 21.6 Å². The number of carbonyl (C=O) groups excluding carboxylic acids is 1. The summed E-state index contributed by atoms with van der Waals surface area (Å²) in [5.74, 6) is -0.311. The third kappa shape index (κ3) is 2.51. The predicted molar refractivity (Wildman–Crippen MR) is 67.2 cm³/mol. The number of benzene rings is 1. The highest BCUT2D eigenvalue weighted by Gasteiger charge is 2.11. The molecule has 0 unspecified atom stereocenters.